The fourth-order valence-corrected chi connectivity index (χ4v) is 6.77. The maximum absolute atomic E-state index is 14.5. The molecule has 0 fully saturated rings. The minimum atomic E-state index is -4.77. The van der Waals surface area contributed by atoms with Crippen molar-refractivity contribution in [2.75, 3.05) is 0 Å². The molecule has 0 bridgehead atoms. The molecule has 164 valence electrons. The molecule has 0 saturated heterocycles. The van der Waals surface area contributed by atoms with Crippen molar-refractivity contribution in [1.82, 2.24) is 4.72 Å². The van der Waals surface area contributed by atoms with E-state index in [0.717, 1.165) is 5.56 Å². The smallest absolute Gasteiger partial charge is 0.294 e. The van der Waals surface area contributed by atoms with Gasteiger partial charge in [0.1, 0.15) is 0 Å². The molecular weight excluding hydrogens is 439 g/mol. The predicted octanol–water partition coefficient (Wildman–Crippen LogP) is 4.69. The van der Waals surface area contributed by atoms with Crippen molar-refractivity contribution in [3.8, 4) is 0 Å². The summed E-state index contributed by atoms with van der Waals surface area (Å²) in [5.41, 5.74) is -0.680. The molecule has 1 spiro atoms. The third-order valence-electron chi connectivity index (χ3n) is 6.39. The molecule has 0 radical (unpaired) electrons. The minimum absolute atomic E-state index is 0.0927. The van der Waals surface area contributed by atoms with E-state index < -0.39 is 39.4 Å². The first-order valence-corrected chi connectivity index (χ1v) is 11.5. The van der Waals surface area contributed by atoms with E-state index >= 15 is 0 Å². The molecule has 0 unspecified atom stereocenters. The maximum atomic E-state index is 14.5. The van der Waals surface area contributed by atoms with Gasteiger partial charge < -0.3 is 0 Å². The third kappa shape index (κ3) is 2.79. The largest absolute Gasteiger partial charge is 0.396 e. The highest BCUT2D eigenvalue weighted by Gasteiger charge is 2.67. The van der Waals surface area contributed by atoms with Crippen molar-refractivity contribution in [1.29, 1.82) is 0 Å². The summed E-state index contributed by atoms with van der Waals surface area (Å²) >= 11 is 0. The number of carbonyl (C=O) groups is 1. The highest BCUT2D eigenvalue weighted by Crippen LogP contribution is 2.61. The van der Waals surface area contributed by atoms with Gasteiger partial charge in [-0.1, -0.05) is 72.3 Å². The molecule has 0 amide bonds. The van der Waals surface area contributed by atoms with E-state index in [1.165, 1.54) is 48.5 Å². The van der Waals surface area contributed by atoms with Crippen molar-refractivity contribution in [3.05, 3.63) is 101 Å². The zero-order chi connectivity index (χ0) is 22.9. The van der Waals surface area contributed by atoms with Crippen LogP contribution in [0.3, 0.4) is 0 Å². The molecule has 32 heavy (non-hydrogen) atoms. The van der Waals surface area contributed by atoms with Crippen LogP contribution in [0.1, 0.15) is 38.5 Å². The molecule has 3 atom stereocenters. The van der Waals surface area contributed by atoms with E-state index in [0.29, 0.717) is 0 Å². The number of ketones is 1. The average molecular weight is 457 g/mol. The predicted molar refractivity (Wildman–Crippen MR) is 112 cm³/mol. The van der Waals surface area contributed by atoms with Crippen LogP contribution in [0.4, 0.5) is 13.2 Å². The van der Waals surface area contributed by atoms with Gasteiger partial charge >= 0.3 is 6.18 Å². The molecule has 0 aromatic heterocycles. The van der Waals surface area contributed by atoms with Gasteiger partial charge in [0.2, 0.25) is 10.0 Å². The Hall–Kier alpha value is -2.97. The summed E-state index contributed by atoms with van der Waals surface area (Å²) in [6, 6.07) is 18.0. The first-order valence-electron chi connectivity index (χ1n) is 9.98. The Labute approximate surface area is 183 Å². The quantitative estimate of drug-likeness (QED) is 0.568. The Bertz CT molecular complexity index is 1350. The molecule has 8 heteroatoms. The maximum Gasteiger partial charge on any atom is 0.396 e. The molecule has 3 aromatic carbocycles. The second-order valence-corrected chi connectivity index (χ2v) is 9.87. The summed E-state index contributed by atoms with van der Waals surface area (Å²) in [6.07, 6.45) is -4.77. The molecule has 1 heterocycles. The molecule has 1 aliphatic heterocycles. The zero-order valence-corrected chi connectivity index (χ0v) is 17.7. The summed E-state index contributed by atoms with van der Waals surface area (Å²) in [5.74, 6) is -4.66. The number of sulfonamides is 1. The summed E-state index contributed by atoms with van der Waals surface area (Å²) in [7, 11) is -4.13. The van der Waals surface area contributed by atoms with Crippen molar-refractivity contribution >= 4 is 15.8 Å². The highest BCUT2D eigenvalue weighted by molar-refractivity contribution is 7.90. The van der Waals surface area contributed by atoms with Crippen molar-refractivity contribution in [2.24, 2.45) is 5.92 Å². The number of rotatable bonds is 2. The van der Waals surface area contributed by atoms with Crippen LogP contribution in [-0.2, 0) is 15.6 Å². The van der Waals surface area contributed by atoms with Gasteiger partial charge in [0, 0.05) is 5.56 Å². The second kappa shape index (κ2) is 6.76. The monoisotopic (exact) mass is 457 g/mol. The number of nitrogens with one attached hydrogen (secondary N) is 1. The van der Waals surface area contributed by atoms with Crippen LogP contribution in [0.15, 0.2) is 77.7 Å². The fourth-order valence-electron chi connectivity index (χ4n) is 5.11. The number of alkyl halides is 3. The van der Waals surface area contributed by atoms with Crippen LogP contribution in [0, 0.1) is 12.8 Å². The van der Waals surface area contributed by atoms with E-state index in [9.17, 15) is 26.4 Å². The molecule has 3 aromatic rings. The third-order valence-corrected chi connectivity index (χ3v) is 7.91. The number of aryl methyl sites for hydroxylation is 1. The van der Waals surface area contributed by atoms with Gasteiger partial charge in [0.15, 0.2) is 5.78 Å². The summed E-state index contributed by atoms with van der Waals surface area (Å²) in [5, 5.41) is 0. The lowest BCUT2D eigenvalue weighted by Gasteiger charge is -2.34. The standard InChI is InChI=1S/C24H18F3NO3S/c1-14-10-12-15(13-11-14)22(29)21-20(24(25,26)27)16-6-2-3-7-17(16)23(21)18-8-4-5-9-19(18)32(30,31)28-23/h2-13,20-21,28H,1H3/t20-,21-,23-/m0/s1. The van der Waals surface area contributed by atoms with Gasteiger partial charge in [-0.15, -0.1) is 0 Å². The Kier molecular flexibility index (Phi) is 4.42. The van der Waals surface area contributed by atoms with E-state index in [1.807, 2.05) is 0 Å². The lowest BCUT2D eigenvalue weighted by atomic mass is 9.72. The van der Waals surface area contributed by atoms with Crippen LogP contribution in [-0.4, -0.2) is 20.4 Å². The minimum Gasteiger partial charge on any atom is -0.294 e. The number of benzene rings is 3. The van der Waals surface area contributed by atoms with Gasteiger partial charge in [0.05, 0.1) is 22.3 Å². The molecule has 2 aliphatic rings. The number of hydrogen-bond donors (Lipinski definition) is 1. The fraction of sp³-hybridized carbons (Fsp3) is 0.208. The second-order valence-electron chi connectivity index (χ2n) is 8.22. The number of hydrogen-bond acceptors (Lipinski definition) is 3. The van der Waals surface area contributed by atoms with Crippen LogP contribution < -0.4 is 4.72 Å². The van der Waals surface area contributed by atoms with Crippen molar-refractivity contribution in [3.63, 3.8) is 0 Å². The van der Waals surface area contributed by atoms with Crippen LogP contribution in [0.25, 0.3) is 0 Å². The highest BCUT2D eigenvalue weighted by atomic mass is 32.2. The number of Topliss-reactive ketones (excluding diaryl/α,β-unsaturated/α-hetero) is 1. The summed E-state index contributed by atoms with van der Waals surface area (Å²) < 4.78 is 72.1. The lowest BCUT2D eigenvalue weighted by Crippen LogP contribution is -2.49. The Morgan fingerprint density at radius 2 is 1.50 bits per heavy atom. The molecule has 0 saturated carbocycles. The molecule has 1 aliphatic carbocycles. The van der Waals surface area contributed by atoms with E-state index in [1.54, 1.807) is 31.2 Å². The van der Waals surface area contributed by atoms with Crippen LogP contribution in [0.5, 0.6) is 0 Å². The van der Waals surface area contributed by atoms with Gasteiger partial charge in [-0.3, -0.25) is 4.79 Å². The molecular formula is C24H18F3NO3S. The summed E-state index contributed by atoms with van der Waals surface area (Å²) in [6.45, 7) is 1.81. The first kappa shape index (κ1) is 20.9. The van der Waals surface area contributed by atoms with Crippen molar-refractivity contribution < 1.29 is 26.4 Å². The van der Waals surface area contributed by atoms with Crippen molar-refractivity contribution in [2.45, 2.75) is 29.5 Å². The average Bonchev–Trinajstić information content (AvgIpc) is 3.17. The number of fused-ring (bicyclic) bond motifs is 4. The SMILES string of the molecule is Cc1ccc(C(=O)[C@@H]2[C@@H](C(F)(F)F)c3ccccc3[C@@]23NS(=O)(=O)c2ccccc23)cc1. The van der Waals surface area contributed by atoms with Crippen LogP contribution in [0.2, 0.25) is 0 Å². The Balaban J connectivity index is 1.85. The van der Waals surface area contributed by atoms with E-state index in [4.69, 9.17) is 0 Å². The van der Waals surface area contributed by atoms with Gasteiger partial charge in [0.25, 0.3) is 0 Å². The van der Waals surface area contributed by atoms with Crippen LogP contribution >= 0.6 is 0 Å². The summed E-state index contributed by atoms with van der Waals surface area (Å²) in [4.78, 5) is 13.6. The number of carbonyl (C=O) groups excluding carboxylic acids is 1. The van der Waals surface area contributed by atoms with Gasteiger partial charge in [-0.05, 0) is 29.7 Å². The van der Waals surface area contributed by atoms with E-state index in [2.05, 4.69) is 4.72 Å². The molecule has 4 nitrogen and oxygen atoms in total. The Morgan fingerprint density at radius 1 is 0.906 bits per heavy atom. The van der Waals surface area contributed by atoms with E-state index in [-0.39, 0.29) is 27.1 Å². The normalized spacial score (nSPS) is 25.5. The topological polar surface area (TPSA) is 63.2 Å². The molecule has 5 rings (SSSR count). The number of halogens is 3. The first-order chi connectivity index (χ1) is 15.1. The van der Waals surface area contributed by atoms with Gasteiger partial charge in [-0.2, -0.15) is 17.9 Å². The lowest BCUT2D eigenvalue weighted by molar-refractivity contribution is -0.159. The molecule has 1 N–H and O–H groups in total. The Morgan fingerprint density at radius 3 is 2.16 bits per heavy atom. The zero-order valence-electron chi connectivity index (χ0n) is 16.8. The van der Waals surface area contributed by atoms with Gasteiger partial charge in [-0.25, -0.2) is 8.42 Å².